The number of hydrogen-bond acceptors (Lipinski definition) is 6. The number of pyridine rings is 1. The molecule has 1 unspecified atom stereocenters. The van der Waals surface area contributed by atoms with Gasteiger partial charge in [-0.1, -0.05) is 6.07 Å². The van der Waals surface area contributed by atoms with E-state index in [2.05, 4.69) is 21.3 Å². The van der Waals surface area contributed by atoms with Crippen LogP contribution in [0.5, 0.6) is 0 Å². The first-order chi connectivity index (χ1) is 15.5. The minimum atomic E-state index is -0.247. The Balaban J connectivity index is 1.43. The van der Waals surface area contributed by atoms with Gasteiger partial charge in [-0.15, -0.1) is 0 Å². The lowest BCUT2D eigenvalue weighted by atomic mass is 9.60. The number of aryl methyl sites for hydroxylation is 1. The van der Waals surface area contributed by atoms with Crippen LogP contribution in [0.4, 0.5) is 15.9 Å². The zero-order valence-corrected chi connectivity index (χ0v) is 18.5. The van der Waals surface area contributed by atoms with Crippen LogP contribution < -0.4 is 16.0 Å². The fourth-order valence-corrected chi connectivity index (χ4v) is 5.46. The summed E-state index contributed by atoms with van der Waals surface area (Å²) in [6.45, 7) is 3.80. The van der Waals surface area contributed by atoms with Crippen LogP contribution in [0.2, 0.25) is 0 Å². The number of rotatable bonds is 4. The maximum atomic E-state index is 14.5. The molecule has 0 amide bonds. The molecule has 0 bridgehead atoms. The average Bonchev–Trinajstić information content (AvgIpc) is 3.11. The van der Waals surface area contributed by atoms with E-state index in [4.69, 9.17) is 15.7 Å². The summed E-state index contributed by atoms with van der Waals surface area (Å²) in [5.74, 6) is 1.45. The lowest BCUT2D eigenvalue weighted by molar-refractivity contribution is 0.0558. The second-order valence-electron chi connectivity index (χ2n) is 9.54. The van der Waals surface area contributed by atoms with Gasteiger partial charge in [-0.05, 0) is 54.7 Å². The first-order valence-electron chi connectivity index (χ1n) is 11.3. The van der Waals surface area contributed by atoms with Crippen molar-refractivity contribution in [2.75, 3.05) is 30.4 Å². The quantitative estimate of drug-likeness (QED) is 0.516. The fourth-order valence-electron chi connectivity index (χ4n) is 5.46. The summed E-state index contributed by atoms with van der Waals surface area (Å²) in [6, 6.07) is 7.55. The lowest BCUT2D eigenvalue weighted by Gasteiger charge is -2.60. The Labute approximate surface area is 187 Å². The van der Waals surface area contributed by atoms with E-state index in [1.807, 2.05) is 26.2 Å². The number of nitrogens with zero attached hydrogens (tertiary/aromatic N) is 4. The number of halogens is 1. The molecule has 32 heavy (non-hydrogen) atoms. The van der Waals surface area contributed by atoms with Crippen molar-refractivity contribution in [2.24, 2.45) is 11.1 Å². The molecule has 7 heteroatoms. The predicted molar refractivity (Wildman–Crippen MR) is 123 cm³/mol. The van der Waals surface area contributed by atoms with Crippen LogP contribution in [-0.4, -0.2) is 41.1 Å². The maximum Gasteiger partial charge on any atom is 0.140 e. The molecule has 2 aromatic heterocycles. The molecule has 3 aromatic rings. The number of hydrogen-bond donors (Lipinski definition) is 2. The summed E-state index contributed by atoms with van der Waals surface area (Å²) in [6.07, 6.45) is 5.46. The van der Waals surface area contributed by atoms with Crippen molar-refractivity contribution < 1.29 is 4.39 Å². The summed E-state index contributed by atoms with van der Waals surface area (Å²) in [7, 11) is 1.83. The van der Waals surface area contributed by atoms with Crippen LogP contribution in [0.3, 0.4) is 0 Å². The van der Waals surface area contributed by atoms with Gasteiger partial charge in [0.05, 0.1) is 5.69 Å². The Morgan fingerprint density at radius 2 is 2.09 bits per heavy atom. The summed E-state index contributed by atoms with van der Waals surface area (Å²) in [5.41, 5.74) is 13.4. The molecule has 1 spiro atoms. The van der Waals surface area contributed by atoms with Gasteiger partial charge in [0, 0.05) is 67.6 Å². The zero-order valence-electron chi connectivity index (χ0n) is 18.5. The van der Waals surface area contributed by atoms with Crippen molar-refractivity contribution in [3.05, 3.63) is 64.6 Å². The predicted octanol–water partition coefficient (Wildman–Crippen LogP) is 3.45. The van der Waals surface area contributed by atoms with Gasteiger partial charge in [-0.25, -0.2) is 14.4 Å². The summed E-state index contributed by atoms with van der Waals surface area (Å²) in [5, 5.41) is 3.15. The maximum absolute atomic E-state index is 14.5. The van der Waals surface area contributed by atoms with Crippen molar-refractivity contribution in [3.63, 3.8) is 0 Å². The van der Waals surface area contributed by atoms with Gasteiger partial charge in [0.15, 0.2) is 0 Å². The first-order valence-corrected chi connectivity index (χ1v) is 11.3. The molecule has 1 aromatic carbocycles. The number of nitrogens with one attached hydrogen (secondary N) is 1. The van der Waals surface area contributed by atoms with Crippen molar-refractivity contribution in [1.29, 1.82) is 0 Å². The number of fused-ring (bicyclic) bond motifs is 3. The molecule has 1 atom stereocenters. The molecule has 1 saturated heterocycles. The molecular weight excluding hydrogens is 403 g/mol. The standard InChI is InChI=1S/C25H27FN6/c1-14-3-4-15(11-29-14)7-22-30-20-10-17-18(8-16(26)9-19(17)28-2)23(20)24(31-22)32-12-25(13-32)6-5-21(25)27/h3-4,8-9,11,21,28H,5-7,10,12-13,27H2,1-2H3. The molecule has 6 rings (SSSR count). The first kappa shape index (κ1) is 19.6. The number of benzene rings is 1. The third kappa shape index (κ3) is 2.91. The second-order valence-corrected chi connectivity index (χ2v) is 9.54. The third-order valence-corrected chi connectivity index (χ3v) is 7.49. The van der Waals surface area contributed by atoms with Crippen molar-refractivity contribution >= 4 is 11.5 Å². The second kappa shape index (κ2) is 6.97. The van der Waals surface area contributed by atoms with Gasteiger partial charge in [0.25, 0.3) is 0 Å². The third-order valence-electron chi connectivity index (χ3n) is 7.49. The monoisotopic (exact) mass is 430 g/mol. The number of anilines is 2. The molecule has 1 saturated carbocycles. The molecule has 1 aliphatic heterocycles. The lowest BCUT2D eigenvalue weighted by Crippen LogP contribution is -2.69. The minimum Gasteiger partial charge on any atom is -0.388 e. The summed E-state index contributed by atoms with van der Waals surface area (Å²) < 4.78 is 14.5. The molecule has 0 radical (unpaired) electrons. The van der Waals surface area contributed by atoms with Gasteiger partial charge in [0.2, 0.25) is 0 Å². The van der Waals surface area contributed by atoms with Gasteiger partial charge in [0.1, 0.15) is 17.5 Å². The van der Waals surface area contributed by atoms with Crippen LogP contribution in [-0.2, 0) is 12.8 Å². The van der Waals surface area contributed by atoms with Crippen molar-refractivity contribution in [1.82, 2.24) is 15.0 Å². The highest BCUT2D eigenvalue weighted by atomic mass is 19.1. The molecule has 6 nitrogen and oxygen atoms in total. The number of aromatic nitrogens is 3. The highest BCUT2D eigenvalue weighted by Crippen LogP contribution is 2.52. The molecule has 3 heterocycles. The Hall–Kier alpha value is -3.06. The molecule has 2 aliphatic carbocycles. The number of nitrogens with two attached hydrogens (primary N) is 1. The molecule has 2 fully saturated rings. The minimum absolute atomic E-state index is 0.221. The highest BCUT2D eigenvalue weighted by Gasteiger charge is 2.54. The highest BCUT2D eigenvalue weighted by molar-refractivity contribution is 5.88. The van der Waals surface area contributed by atoms with E-state index in [1.165, 1.54) is 6.42 Å². The van der Waals surface area contributed by atoms with E-state index in [1.54, 1.807) is 12.1 Å². The Morgan fingerprint density at radius 3 is 2.75 bits per heavy atom. The van der Waals surface area contributed by atoms with E-state index >= 15 is 0 Å². The van der Waals surface area contributed by atoms with Crippen LogP contribution in [0.25, 0.3) is 11.1 Å². The largest absolute Gasteiger partial charge is 0.388 e. The SMILES string of the molecule is CNc1cc(F)cc2c1Cc1nc(Cc3ccc(C)nc3)nc(N3CC4(CCC4N)C3)c1-2. The van der Waals surface area contributed by atoms with E-state index in [0.717, 1.165) is 70.5 Å². The molecular formula is C25H27FN6. The Kier molecular flexibility index (Phi) is 4.27. The van der Waals surface area contributed by atoms with Crippen LogP contribution in [0.1, 0.15) is 41.2 Å². The van der Waals surface area contributed by atoms with Gasteiger partial charge >= 0.3 is 0 Å². The molecule has 3 aliphatic rings. The fraction of sp³-hybridized carbons (Fsp3) is 0.400. The molecule has 164 valence electrons. The Bertz CT molecular complexity index is 1220. The smallest absolute Gasteiger partial charge is 0.140 e. The van der Waals surface area contributed by atoms with E-state index in [-0.39, 0.29) is 17.3 Å². The van der Waals surface area contributed by atoms with E-state index in [9.17, 15) is 4.39 Å². The van der Waals surface area contributed by atoms with Crippen LogP contribution in [0, 0.1) is 18.2 Å². The van der Waals surface area contributed by atoms with E-state index in [0.29, 0.717) is 12.8 Å². The van der Waals surface area contributed by atoms with Crippen molar-refractivity contribution in [3.8, 4) is 11.1 Å². The van der Waals surface area contributed by atoms with Crippen LogP contribution >= 0.6 is 0 Å². The topological polar surface area (TPSA) is 80.0 Å². The van der Waals surface area contributed by atoms with Gasteiger partial charge in [-0.2, -0.15) is 0 Å². The van der Waals surface area contributed by atoms with E-state index < -0.39 is 0 Å². The summed E-state index contributed by atoms with van der Waals surface area (Å²) >= 11 is 0. The van der Waals surface area contributed by atoms with Gasteiger partial charge < -0.3 is 16.0 Å². The van der Waals surface area contributed by atoms with Crippen LogP contribution in [0.15, 0.2) is 30.5 Å². The Morgan fingerprint density at radius 1 is 1.25 bits per heavy atom. The average molecular weight is 431 g/mol. The zero-order chi connectivity index (χ0) is 22.0. The van der Waals surface area contributed by atoms with Crippen molar-refractivity contribution in [2.45, 2.75) is 38.6 Å². The summed E-state index contributed by atoms with van der Waals surface area (Å²) in [4.78, 5) is 16.7. The van der Waals surface area contributed by atoms with Gasteiger partial charge in [-0.3, -0.25) is 4.98 Å². The normalized spacial score (nSPS) is 19.9. The molecule has 3 N–H and O–H groups in total.